The Bertz CT molecular complexity index is 994. The minimum absolute atomic E-state index is 0.0911. The van der Waals surface area contributed by atoms with Crippen LogP contribution in [0.15, 0.2) is 24.3 Å². The highest BCUT2D eigenvalue weighted by molar-refractivity contribution is 5.62. The Morgan fingerprint density at radius 3 is 3.32 bits per heavy atom. The molecule has 5 atom stereocenters. The summed E-state index contributed by atoms with van der Waals surface area (Å²) in [5.41, 5.74) is -1.11. The summed E-state index contributed by atoms with van der Waals surface area (Å²) in [6.45, 7) is 0.233. The molecule has 2 heterocycles. The van der Waals surface area contributed by atoms with Crippen molar-refractivity contribution in [2.24, 2.45) is 5.92 Å². The lowest BCUT2D eigenvalue weighted by Gasteiger charge is -2.56. The van der Waals surface area contributed by atoms with Crippen molar-refractivity contribution in [2.45, 2.75) is 36.4 Å². The SMILES string of the molecule is [2H]C([2H])([2H])Oc1ccc2c3c1OC1([2H])C([2H])(O)C=C[C@@H]4[C@@]31CCN(C)[C@]4([2H])C2([2H])[2H]. The predicted octanol–water partition coefficient (Wildman–Crippen LogP) is 1.50. The summed E-state index contributed by atoms with van der Waals surface area (Å²) in [7, 11) is -1.17. The van der Waals surface area contributed by atoms with Gasteiger partial charge in [0.1, 0.15) is 12.2 Å². The van der Waals surface area contributed by atoms with Crippen LogP contribution in [0, 0.1) is 5.92 Å². The number of benzene rings is 1. The Morgan fingerprint density at radius 1 is 1.55 bits per heavy atom. The van der Waals surface area contributed by atoms with Crippen molar-refractivity contribution in [3.05, 3.63) is 35.4 Å². The molecule has 2 unspecified atom stereocenters. The van der Waals surface area contributed by atoms with E-state index in [1.807, 2.05) is 0 Å². The van der Waals surface area contributed by atoms with Crippen molar-refractivity contribution in [3.63, 3.8) is 0 Å². The monoisotopic (exact) mass is 307 g/mol. The lowest BCUT2D eigenvalue weighted by Crippen LogP contribution is -2.64. The zero-order chi connectivity index (χ0) is 22.1. The van der Waals surface area contributed by atoms with Crippen LogP contribution in [-0.4, -0.2) is 48.8 Å². The molecule has 1 saturated heterocycles. The first-order valence-corrected chi connectivity index (χ1v) is 7.32. The number of piperidine rings is 1. The smallest absolute Gasteiger partial charge is 0.165 e. The number of methoxy groups -OCH3 is 1. The zero-order valence-corrected chi connectivity index (χ0v) is 12.0. The molecule has 1 N–H and O–H groups in total. The molecule has 2 aliphatic carbocycles. The molecule has 0 aromatic heterocycles. The Morgan fingerprint density at radius 2 is 2.45 bits per heavy atom. The maximum atomic E-state index is 10.9. The van der Waals surface area contributed by atoms with Crippen molar-refractivity contribution in [2.75, 3.05) is 20.6 Å². The van der Waals surface area contributed by atoms with Gasteiger partial charge in [-0.3, -0.25) is 0 Å². The first kappa shape index (κ1) is 7.37. The molecular weight excluding hydrogens is 278 g/mol. The molecule has 4 aliphatic rings. The highest BCUT2D eigenvalue weighted by Gasteiger charge is 2.64. The van der Waals surface area contributed by atoms with Crippen LogP contribution < -0.4 is 9.47 Å². The van der Waals surface area contributed by atoms with Gasteiger partial charge in [-0.25, -0.2) is 0 Å². The van der Waals surface area contributed by atoms with Crippen molar-refractivity contribution < 1.29 is 25.5 Å². The molecule has 1 aromatic carbocycles. The number of ether oxygens (including phenoxy) is 2. The van der Waals surface area contributed by atoms with E-state index >= 15 is 0 Å². The van der Waals surface area contributed by atoms with Gasteiger partial charge >= 0.3 is 0 Å². The summed E-state index contributed by atoms with van der Waals surface area (Å²) in [6.07, 6.45) is -4.29. The van der Waals surface area contributed by atoms with Crippen molar-refractivity contribution in [3.8, 4) is 11.5 Å². The van der Waals surface area contributed by atoms with E-state index in [1.54, 1.807) is 11.9 Å². The van der Waals surface area contributed by atoms with E-state index in [1.165, 1.54) is 18.2 Å². The lowest BCUT2D eigenvalue weighted by atomic mass is 9.53. The quantitative estimate of drug-likeness (QED) is 0.799. The highest BCUT2D eigenvalue weighted by atomic mass is 16.5. The second-order valence-electron chi connectivity index (χ2n) is 6.22. The molecule has 4 nitrogen and oxygen atoms in total. The first-order chi connectivity index (χ1) is 13.6. The van der Waals surface area contributed by atoms with Gasteiger partial charge < -0.3 is 19.5 Å². The van der Waals surface area contributed by atoms with Gasteiger partial charge in [0.15, 0.2) is 11.5 Å². The van der Waals surface area contributed by atoms with Gasteiger partial charge in [-0.15, -0.1) is 0 Å². The predicted molar refractivity (Wildman–Crippen MR) is 82.5 cm³/mol. The molecule has 2 bridgehead atoms. The summed E-state index contributed by atoms with van der Waals surface area (Å²) in [6, 6.07) is 0.803. The molecule has 0 amide bonds. The van der Waals surface area contributed by atoms with Crippen LogP contribution in [0.3, 0.4) is 0 Å². The maximum absolute atomic E-state index is 10.9. The number of likely N-dealkylation sites (N-methyl/N-ethyl adjacent to an activating group) is 1. The maximum Gasteiger partial charge on any atom is 0.165 e. The van der Waals surface area contributed by atoms with Gasteiger partial charge in [-0.05, 0) is 38.0 Å². The molecular formula is C18H21NO3. The normalized spacial score (nSPS) is 59.3. The Kier molecular flexibility index (Phi) is 1.36. The molecule has 0 radical (unpaired) electrons. The Balaban J connectivity index is 1.91. The fraction of sp³-hybridized carbons (Fsp3) is 0.556. The van der Waals surface area contributed by atoms with Crippen LogP contribution in [0.2, 0.25) is 0 Å². The van der Waals surface area contributed by atoms with E-state index < -0.39 is 42.9 Å². The highest BCUT2D eigenvalue weighted by Crippen LogP contribution is 2.62. The van der Waals surface area contributed by atoms with Gasteiger partial charge in [0.25, 0.3) is 0 Å². The van der Waals surface area contributed by atoms with E-state index in [9.17, 15) is 6.48 Å². The van der Waals surface area contributed by atoms with Gasteiger partial charge in [-0.2, -0.15) is 0 Å². The Hall–Kier alpha value is -1.52. The van der Waals surface area contributed by atoms with E-state index in [0.717, 1.165) is 6.08 Å². The molecule has 22 heavy (non-hydrogen) atoms. The standard InChI is InChI=1S/C18H21NO3/c1-19-8-7-18-11-4-5-13(20)17(18)22-16-14(21-2)6-3-10(15(16)18)9-12(11)19/h3-6,11-13,17,20H,7-9H2,1-2H3/t11-,12+,13?,17?,18-/m0/s1/i2D3,9D2,12D,13D,17D. The number of hydrogen-bond donors (Lipinski definition) is 1. The number of nitrogens with zero attached hydrogens (tertiary/aromatic N) is 1. The lowest BCUT2D eigenvalue weighted by molar-refractivity contribution is -0.0453. The minimum Gasteiger partial charge on any atom is -0.493 e. The second kappa shape index (κ2) is 4.06. The topological polar surface area (TPSA) is 41.9 Å². The van der Waals surface area contributed by atoms with Crippen LogP contribution >= 0.6 is 0 Å². The van der Waals surface area contributed by atoms with E-state index in [2.05, 4.69) is 0 Å². The van der Waals surface area contributed by atoms with Crippen molar-refractivity contribution in [1.82, 2.24) is 4.90 Å². The molecule has 116 valence electrons. The summed E-state index contributed by atoms with van der Waals surface area (Å²) in [5, 5.41) is 10.9. The molecule has 1 spiro atoms. The minimum atomic E-state index is -2.82. The van der Waals surface area contributed by atoms with E-state index in [0.29, 0.717) is 0 Å². The molecule has 4 heteroatoms. The number of aliphatic hydroxyl groups is 1. The summed E-state index contributed by atoms with van der Waals surface area (Å²) in [5.74, 6) is -1.27. The third-order valence-electron chi connectivity index (χ3n) is 5.31. The summed E-state index contributed by atoms with van der Waals surface area (Å²) < 4.78 is 77.8. The van der Waals surface area contributed by atoms with Gasteiger partial charge in [0.05, 0.1) is 13.9 Å². The summed E-state index contributed by atoms with van der Waals surface area (Å²) >= 11 is 0. The second-order valence-corrected chi connectivity index (χ2v) is 6.22. The van der Waals surface area contributed by atoms with Crippen LogP contribution in [0.1, 0.15) is 28.5 Å². The number of likely N-dealkylation sites (tertiary alicyclic amines) is 1. The number of rotatable bonds is 1. The number of hydrogen-bond acceptors (Lipinski definition) is 4. The molecule has 1 aromatic rings. The van der Waals surface area contributed by atoms with Gasteiger partial charge in [0.2, 0.25) is 0 Å². The largest absolute Gasteiger partial charge is 0.493 e. The van der Waals surface area contributed by atoms with Gasteiger partial charge in [0, 0.05) is 27.0 Å². The van der Waals surface area contributed by atoms with Crippen molar-refractivity contribution in [1.29, 1.82) is 0 Å². The third-order valence-corrected chi connectivity index (χ3v) is 5.31. The van der Waals surface area contributed by atoms with Crippen LogP contribution in [0.5, 0.6) is 11.5 Å². The molecule has 2 aliphatic heterocycles. The fourth-order valence-corrected chi connectivity index (χ4v) is 4.34. The average Bonchev–Trinajstić information content (AvgIpc) is 2.88. The summed E-state index contributed by atoms with van der Waals surface area (Å²) in [4.78, 5) is 1.59. The fourth-order valence-electron chi connectivity index (χ4n) is 4.34. The average molecular weight is 307 g/mol. The van der Waals surface area contributed by atoms with Crippen molar-refractivity contribution >= 4 is 0 Å². The molecule has 5 rings (SSSR count). The molecule has 0 saturated carbocycles. The third kappa shape index (κ3) is 1.28. The van der Waals surface area contributed by atoms with Crippen LogP contribution in [-0.2, 0) is 11.8 Å². The first-order valence-electron chi connectivity index (χ1n) is 11.3. The van der Waals surface area contributed by atoms with Crippen LogP contribution in [0.4, 0.5) is 0 Å². The van der Waals surface area contributed by atoms with E-state index in [4.69, 9.17) is 19.1 Å². The Labute approximate surface area is 141 Å². The van der Waals surface area contributed by atoms with E-state index in [-0.39, 0.29) is 35.6 Å². The van der Waals surface area contributed by atoms with Crippen LogP contribution in [0.25, 0.3) is 0 Å². The van der Waals surface area contributed by atoms with Gasteiger partial charge in [-0.1, -0.05) is 18.2 Å². The molecule has 1 fully saturated rings. The zero-order valence-electron chi connectivity index (χ0n) is 20.0.